The average Bonchev–Trinajstić information content (AvgIpc) is 3.38. The first-order valence-electron chi connectivity index (χ1n) is 10.8. The summed E-state index contributed by atoms with van der Waals surface area (Å²) in [7, 11) is 4.35. The Morgan fingerprint density at radius 3 is 2.38 bits per heavy atom. The molecule has 9 heteroatoms. The van der Waals surface area contributed by atoms with Gasteiger partial charge < -0.3 is 19.5 Å². The molecule has 0 saturated heterocycles. The Morgan fingerprint density at radius 2 is 1.76 bits per heavy atom. The number of hydrogen-bond donors (Lipinski definition) is 1. The molecular formula is C25H26FN3O5. The largest absolute Gasteiger partial charge is 0.493 e. The van der Waals surface area contributed by atoms with Crippen molar-refractivity contribution in [1.29, 1.82) is 0 Å². The monoisotopic (exact) mass is 467 g/mol. The smallest absolute Gasteiger partial charge is 0.328 e. The predicted molar refractivity (Wildman–Crippen MR) is 123 cm³/mol. The van der Waals surface area contributed by atoms with E-state index in [-0.39, 0.29) is 17.3 Å². The minimum Gasteiger partial charge on any atom is -0.493 e. The quantitative estimate of drug-likeness (QED) is 0.418. The van der Waals surface area contributed by atoms with Crippen LogP contribution in [0.2, 0.25) is 0 Å². The van der Waals surface area contributed by atoms with E-state index < -0.39 is 23.7 Å². The van der Waals surface area contributed by atoms with E-state index >= 15 is 0 Å². The van der Waals surface area contributed by atoms with Crippen LogP contribution in [0.25, 0.3) is 16.9 Å². The summed E-state index contributed by atoms with van der Waals surface area (Å²) in [4.78, 5) is 25.5. The lowest BCUT2D eigenvalue weighted by Crippen LogP contribution is -2.45. The number of halogens is 1. The summed E-state index contributed by atoms with van der Waals surface area (Å²) in [5.74, 6) is -0.721. The van der Waals surface area contributed by atoms with Gasteiger partial charge in [0, 0.05) is 17.5 Å². The van der Waals surface area contributed by atoms with E-state index in [1.54, 1.807) is 45.2 Å². The van der Waals surface area contributed by atoms with Gasteiger partial charge in [0.05, 0.1) is 27.0 Å². The van der Waals surface area contributed by atoms with E-state index in [2.05, 4.69) is 10.4 Å². The van der Waals surface area contributed by atoms with Gasteiger partial charge in [-0.25, -0.2) is 13.9 Å². The highest BCUT2D eigenvalue weighted by Crippen LogP contribution is 2.45. The third kappa shape index (κ3) is 3.87. The molecule has 1 heterocycles. The first-order chi connectivity index (χ1) is 16.3. The molecule has 0 unspecified atom stereocenters. The normalized spacial score (nSPS) is 12.7. The molecule has 0 spiro atoms. The molecule has 0 aliphatic heterocycles. The number of methoxy groups -OCH3 is 3. The van der Waals surface area contributed by atoms with Crippen molar-refractivity contribution in [2.24, 2.45) is 5.92 Å². The lowest BCUT2D eigenvalue weighted by atomic mass is 10.0. The SMILES string of the molecule is COC(=O)[C@H](NC(=O)c1nn(-c2ccccc2F)c2c1Cc1cc(OC)c(OC)cc1-2)C(C)C. The molecule has 34 heavy (non-hydrogen) atoms. The summed E-state index contributed by atoms with van der Waals surface area (Å²) in [6.45, 7) is 3.61. The van der Waals surface area contributed by atoms with Crippen LogP contribution >= 0.6 is 0 Å². The van der Waals surface area contributed by atoms with Crippen LogP contribution in [0.3, 0.4) is 0 Å². The summed E-state index contributed by atoms with van der Waals surface area (Å²) < 4.78 is 31.9. The summed E-state index contributed by atoms with van der Waals surface area (Å²) in [5, 5.41) is 7.23. The van der Waals surface area contributed by atoms with E-state index in [1.807, 2.05) is 6.07 Å². The maximum Gasteiger partial charge on any atom is 0.328 e. The molecule has 8 nitrogen and oxygen atoms in total. The number of fused-ring (bicyclic) bond motifs is 3. The van der Waals surface area contributed by atoms with E-state index in [1.165, 1.54) is 25.0 Å². The molecule has 1 amide bonds. The molecule has 3 aromatic rings. The summed E-state index contributed by atoms with van der Waals surface area (Å²) in [6.07, 6.45) is 0.382. The Bertz CT molecular complexity index is 1270. The van der Waals surface area contributed by atoms with Gasteiger partial charge in [0.15, 0.2) is 17.2 Å². The minimum atomic E-state index is -0.851. The molecule has 0 saturated carbocycles. The molecule has 1 aliphatic carbocycles. The number of carbonyl (C=O) groups excluding carboxylic acids is 2. The van der Waals surface area contributed by atoms with Crippen LogP contribution < -0.4 is 14.8 Å². The highest BCUT2D eigenvalue weighted by atomic mass is 19.1. The number of benzene rings is 2. The fraction of sp³-hybridized carbons (Fsp3) is 0.320. The second-order valence-electron chi connectivity index (χ2n) is 8.30. The van der Waals surface area contributed by atoms with Gasteiger partial charge in [-0.15, -0.1) is 0 Å². The fourth-order valence-corrected chi connectivity index (χ4v) is 4.19. The Morgan fingerprint density at radius 1 is 1.09 bits per heavy atom. The zero-order valence-corrected chi connectivity index (χ0v) is 19.6. The predicted octanol–water partition coefficient (Wildman–Crippen LogP) is 3.53. The maximum atomic E-state index is 14.8. The van der Waals surface area contributed by atoms with E-state index in [0.29, 0.717) is 29.2 Å². The van der Waals surface area contributed by atoms with Crippen LogP contribution in [0.1, 0.15) is 35.5 Å². The van der Waals surface area contributed by atoms with Gasteiger partial charge in [0.2, 0.25) is 0 Å². The third-order valence-corrected chi connectivity index (χ3v) is 5.92. The highest BCUT2D eigenvalue weighted by molar-refractivity contribution is 5.99. The zero-order chi connectivity index (χ0) is 24.6. The van der Waals surface area contributed by atoms with Gasteiger partial charge in [0.1, 0.15) is 17.5 Å². The average molecular weight is 467 g/mol. The van der Waals surface area contributed by atoms with Crippen molar-refractivity contribution in [3.05, 3.63) is 59.0 Å². The Hall–Kier alpha value is -3.88. The third-order valence-electron chi connectivity index (χ3n) is 5.92. The Labute approximate surface area is 196 Å². The van der Waals surface area contributed by atoms with E-state index in [0.717, 1.165) is 11.1 Å². The zero-order valence-electron chi connectivity index (χ0n) is 19.6. The number of ether oxygens (including phenoxy) is 3. The van der Waals surface area contributed by atoms with Crippen molar-refractivity contribution in [3.8, 4) is 28.4 Å². The van der Waals surface area contributed by atoms with Crippen molar-refractivity contribution in [2.75, 3.05) is 21.3 Å². The standard InChI is InChI=1S/C25H26FN3O5/c1-13(2)21(25(31)34-5)27-24(30)22-16-10-14-11-19(32-3)20(33-4)12-15(14)23(16)29(28-22)18-9-7-6-8-17(18)26/h6-9,11-13,21H,10H2,1-5H3,(H,27,30)/t21-/m1/s1. The summed E-state index contributed by atoms with van der Waals surface area (Å²) in [5.41, 5.74) is 3.17. The molecule has 178 valence electrons. The molecule has 4 rings (SSSR count). The highest BCUT2D eigenvalue weighted by Gasteiger charge is 2.35. The number of nitrogens with one attached hydrogen (secondary N) is 1. The number of hydrogen-bond acceptors (Lipinski definition) is 6. The molecule has 1 aliphatic rings. The van der Waals surface area contributed by atoms with E-state index in [9.17, 15) is 14.0 Å². The topological polar surface area (TPSA) is 91.7 Å². The molecule has 1 aromatic heterocycles. The summed E-state index contributed by atoms with van der Waals surface area (Å²) >= 11 is 0. The van der Waals surface area contributed by atoms with Gasteiger partial charge in [0.25, 0.3) is 5.91 Å². The van der Waals surface area contributed by atoms with Crippen LogP contribution in [0.15, 0.2) is 36.4 Å². The van der Waals surface area contributed by atoms with Gasteiger partial charge in [-0.3, -0.25) is 4.79 Å². The number of rotatable bonds is 7. The lowest BCUT2D eigenvalue weighted by Gasteiger charge is -2.19. The molecule has 0 bridgehead atoms. The van der Waals surface area contributed by atoms with Crippen molar-refractivity contribution < 1.29 is 28.2 Å². The van der Waals surface area contributed by atoms with Crippen LogP contribution in [-0.2, 0) is 16.0 Å². The van der Waals surface area contributed by atoms with Crippen molar-refractivity contribution >= 4 is 11.9 Å². The molecule has 1 atom stereocenters. The molecular weight excluding hydrogens is 441 g/mol. The maximum absolute atomic E-state index is 14.8. The number of amides is 1. The van der Waals surface area contributed by atoms with Gasteiger partial charge >= 0.3 is 5.97 Å². The van der Waals surface area contributed by atoms with Crippen LogP contribution in [0.4, 0.5) is 4.39 Å². The number of esters is 1. The van der Waals surface area contributed by atoms with Crippen molar-refractivity contribution in [1.82, 2.24) is 15.1 Å². The number of aromatic nitrogens is 2. The van der Waals surface area contributed by atoms with Crippen molar-refractivity contribution in [2.45, 2.75) is 26.3 Å². The second-order valence-corrected chi connectivity index (χ2v) is 8.30. The Kier molecular flexibility index (Phi) is 6.28. The minimum absolute atomic E-state index is 0.113. The number of carbonyl (C=O) groups is 2. The lowest BCUT2D eigenvalue weighted by molar-refractivity contribution is -0.144. The first kappa shape index (κ1) is 23.3. The molecule has 1 N–H and O–H groups in total. The van der Waals surface area contributed by atoms with Gasteiger partial charge in [-0.2, -0.15) is 5.10 Å². The number of para-hydroxylation sites is 1. The van der Waals surface area contributed by atoms with Crippen molar-refractivity contribution in [3.63, 3.8) is 0 Å². The molecule has 2 aromatic carbocycles. The second kappa shape index (κ2) is 9.17. The molecule has 0 fully saturated rings. The van der Waals surface area contributed by atoms with Crippen LogP contribution in [-0.4, -0.2) is 49.0 Å². The van der Waals surface area contributed by atoms with Crippen LogP contribution in [0.5, 0.6) is 11.5 Å². The van der Waals surface area contributed by atoms with Gasteiger partial charge in [-0.05, 0) is 35.7 Å². The fourth-order valence-electron chi connectivity index (χ4n) is 4.19. The van der Waals surface area contributed by atoms with Crippen LogP contribution in [0, 0.1) is 11.7 Å². The Balaban J connectivity index is 1.88. The first-order valence-corrected chi connectivity index (χ1v) is 10.8. The summed E-state index contributed by atoms with van der Waals surface area (Å²) in [6, 6.07) is 8.99. The van der Waals surface area contributed by atoms with E-state index in [4.69, 9.17) is 14.2 Å². The molecule has 0 radical (unpaired) electrons. The van der Waals surface area contributed by atoms with Gasteiger partial charge in [-0.1, -0.05) is 26.0 Å². The number of nitrogens with zero attached hydrogens (tertiary/aromatic N) is 2.